The highest BCUT2D eigenvalue weighted by Gasteiger charge is 2.04. The van der Waals surface area contributed by atoms with Gasteiger partial charge in [-0.25, -0.2) is 4.98 Å². The number of hydrogen-bond donors (Lipinski definition) is 2. The maximum atomic E-state index is 12.8. The van der Waals surface area contributed by atoms with E-state index in [9.17, 15) is 4.39 Å². The van der Waals surface area contributed by atoms with Crippen molar-refractivity contribution in [2.45, 2.75) is 6.42 Å². The van der Waals surface area contributed by atoms with Crippen LogP contribution in [0.5, 0.6) is 0 Å². The quantitative estimate of drug-likeness (QED) is 0.724. The smallest absolute Gasteiger partial charge is 0.214 e. The van der Waals surface area contributed by atoms with Crippen molar-refractivity contribution >= 4 is 11.0 Å². The summed E-state index contributed by atoms with van der Waals surface area (Å²) in [6.45, 7) is 0.907. The van der Waals surface area contributed by atoms with Gasteiger partial charge in [0, 0.05) is 11.6 Å². The predicted molar refractivity (Wildman–Crippen MR) is 53.7 cm³/mol. The molecule has 0 aliphatic rings. The Morgan fingerprint density at radius 2 is 2.36 bits per heavy atom. The van der Waals surface area contributed by atoms with Crippen molar-refractivity contribution in [1.29, 1.82) is 0 Å². The van der Waals surface area contributed by atoms with Crippen LogP contribution in [0.3, 0.4) is 0 Å². The van der Waals surface area contributed by atoms with Gasteiger partial charge in [0.05, 0.1) is 0 Å². The van der Waals surface area contributed by atoms with Gasteiger partial charge in [-0.2, -0.15) is 4.39 Å². The van der Waals surface area contributed by atoms with Crippen molar-refractivity contribution in [1.82, 2.24) is 15.3 Å². The molecule has 0 bridgehead atoms. The third-order valence-corrected chi connectivity index (χ3v) is 2.23. The molecule has 14 heavy (non-hydrogen) atoms. The molecule has 2 rings (SSSR count). The average Bonchev–Trinajstić information content (AvgIpc) is 2.57. The van der Waals surface area contributed by atoms with Gasteiger partial charge in [0.2, 0.25) is 5.95 Å². The SMILES string of the molecule is CNCCc1c[nH]c2nc(F)ccc12. The molecule has 0 saturated heterocycles. The lowest BCUT2D eigenvalue weighted by molar-refractivity contribution is 0.588. The van der Waals surface area contributed by atoms with Crippen molar-refractivity contribution in [3.05, 3.63) is 29.8 Å². The van der Waals surface area contributed by atoms with Gasteiger partial charge in [-0.1, -0.05) is 0 Å². The Morgan fingerprint density at radius 3 is 3.14 bits per heavy atom. The highest BCUT2D eigenvalue weighted by Crippen LogP contribution is 2.16. The number of aromatic amines is 1. The molecule has 0 unspecified atom stereocenters. The van der Waals surface area contributed by atoms with E-state index in [0.717, 1.165) is 18.4 Å². The monoisotopic (exact) mass is 193 g/mol. The Balaban J connectivity index is 2.37. The normalized spacial score (nSPS) is 11.0. The van der Waals surface area contributed by atoms with E-state index in [1.807, 2.05) is 13.2 Å². The van der Waals surface area contributed by atoms with Gasteiger partial charge in [-0.15, -0.1) is 0 Å². The van der Waals surface area contributed by atoms with Crippen LogP contribution in [0.4, 0.5) is 4.39 Å². The summed E-state index contributed by atoms with van der Waals surface area (Å²) in [7, 11) is 1.91. The molecule has 0 radical (unpaired) electrons. The van der Waals surface area contributed by atoms with Crippen molar-refractivity contribution in [2.75, 3.05) is 13.6 Å². The number of rotatable bonds is 3. The summed E-state index contributed by atoms with van der Waals surface area (Å²) >= 11 is 0. The lowest BCUT2D eigenvalue weighted by atomic mass is 10.1. The number of likely N-dealkylation sites (N-methyl/N-ethyl adjacent to an activating group) is 1. The topological polar surface area (TPSA) is 40.7 Å². The zero-order chi connectivity index (χ0) is 9.97. The van der Waals surface area contributed by atoms with E-state index >= 15 is 0 Å². The molecule has 2 N–H and O–H groups in total. The second kappa shape index (κ2) is 3.75. The van der Waals surface area contributed by atoms with Crippen LogP contribution in [0, 0.1) is 5.95 Å². The van der Waals surface area contributed by atoms with E-state index in [1.54, 1.807) is 6.07 Å². The van der Waals surface area contributed by atoms with E-state index in [4.69, 9.17) is 0 Å². The Labute approximate surface area is 81.4 Å². The zero-order valence-electron chi connectivity index (χ0n) is 7.97. The van der Waals surface area contributed by atoms with E-state index in [0.29, 0.717) is 5.65 Å². The first kappa shape index (κ1) is 9.15. The van der Waals surface area contributed by atoms with Gasteiger partial charge in [-0.3, -0.25) is 0 Å². The summed E-state index contributed by atoms with van der Waals surface area (Å²) in [6.07, 6.45) is 2.80. The fraction of sp³-hybridized carbons (Fsp3) is 0.300. The minimum absolute atomic E-state index is 0.445. The number of pyridine rings is 1. The molecule has 0 amide bonds. The van der Waals surface area contributed by atoms with Crippen molar-refractivity contribution in [2.24, 2.45) is 0 Å². The molecular formula is C10H12FN3. The lowest BCUT2D eigenvalue weighted by Gasteiger charge is -1.97. The number of halogens is 1. The second-order valence-electron chi connectivity index (χ2n) is 3.20. The van der Waals surface area contributed by atoms with Crippen LogP contribution in [0.15, 0.2) is 18.3 Å². The Hall–Kier alpha value is -1.42. The fourth-order valence-electron chi connectivity index (χ4n) is 1.50. The minimum Gasteiger partial charge on any atom is -0.346 e. The molecule has 0 aliphatic heterocycles. The summed E-state index contributed by atoms with van der Waals surface area (Å²) in [4.78, 5) is 6.72. The maximum absolute atomic E-state index is 12.8. The third-order valence-electron chi connectivity index (χ3n) is 2.23. The van der Waals surface area contributed by atoms with Crippen LogP contribution in [-0.4, -0.2) is 23.6 Å². The summed E-state index contributed by atoms with van der Waals surface area (Å²) in [5, 5.41) is 4.08. The molecule has 0 atom stereocenters. The molecule has 2 aromatic heterocycles. The molecule has 74 valence electrons. The zero-order valence-corrected chi connectivity index (χ0v) is 7.97. The molecule has 0 aliphatic carbocycles. The molecule has 0 fully saturated rings. The maximum Gasteiger partial charge on any atom is 0.214 e. The number of nitrogens with one attached hydrogen (secondary N) is 2. The predicted octanol–water partition coefficient (Wildman–Crippen LogP) is 1.46. The molecule has 3 nitrogen and oxygen atoms in total. The molecule has 0 saturated carbocycles. The summed E-state index contributed by atoms with van der Waals surface area (Å²) < 4.78 is 12.8. The second-order valence-corrected chi connectivity index (χ2v) is 3.20. The molecular weight excluding hydrogens is 181 g/mol. The Bertz CT molecular complexity index is 436. The van der Waals surface area contributed by atoms with Crippen molar-refractivity contribution < 1.29 is 4.39 Å². The molecule has 0 aromatic carbocycles. The number of nitrogens with zero attached hydrogens (tertiary/aromatic N) is 1. The van der Waals surface area contributed by atoms with E-state index < -0.39 is 5.95 Å². The summed E-state index contributed by atoms with van der Waals surface area (Å²) in [5.41, 5.74) is 1.79. The van der Waals surface area contributed by atoms with Gasteiger partial charge in [0.15, 0.2) is 0 Å². The van der Waals surface area contributed by atoms with Crippen LogP contribution >= 0.6 is 0 Å². The van der Waals surface area contributed by atoms with Crippen LogP contribution in [0.2, 0.25) is 0 Å². The first-order valence-electron chi connectivity index (χ1n) is 4.58. The van der Waals surface area contributed by atoms with Gasteiger partial charge >= 0.3 is 0 Å². The minimum atomic E-state index is -0.445. The van der Waals surface area contributed by atoms with Gasteiger partial charge in [-0.05, 0) is 37.7 Å². The number of H-pyrrole nitrogens is 1. The molecule has 4 heteroatoms. The van der Waals surface area contributed by atoms with Gasteiger partial charge in [0.1, 0.15) is 5.65 Å². The van der Waals surface area contributed by atoms with E-state index in [2.05, 4.69) is 15.3 Å². The first-order chi connectivity index (χ1) is 6.81. The summed E-state index contributed by atoms with van der Waals surface area (Å²) in [5.74, 6) is -0.445. The van der Waals surface area contributed by atoms with Crippen molar-refractivity contribution in [3.8, 4) is 0 Å². The van der Waals surface area contributed by atoms with Crippen molar-refractivity contribution in [3.63, 3.8) is 0 Å². The Kier molecular flexibility index (Phi) is 2.45. The fourth-order valence-corrected chi connectivity index (χ4v) is 1.50. The molecule has 2 heterocycles. The molecule has 2 aromatic rings. The first-order valence-corrected chi connectivity index (χ1v) is 4.58. The largest absolute Gasteiger partial charge is 0.346 e. The van der Waals surface area contributed by atoms with Gasteiger partial charge in [0.25, 0.3) is 0 Å². The highest BCUT2D eigenvalue weighted by molar-refractivity contribution is 5.79. The van der Waals surface area contributed by atoms with E-state index in [1.165, 1.54) is 11.6 Å². The summed E-state index contributed by atoms with van der Waals surface area (Å²) in [6, 6.07) is 3.15. The van der Waals surface area contributed by atoms with Crippen LogP contribution in [-0.2, 0) is 6.42 Å². The lowest BCUT2D eigenvalue weighted by Crippen LogP contribution is -2.09. The number of fused-ring (bicyclic) bond motifs is 1. The van der Waals surface area contributed by atoms with E-state index in [-0.39, 0.29) is 0 Å². The Morgan fingerprint density at radius 1 is 1.50 bits per heavy atom. The van der Waals surface area contributed by atoms with Gasteiger partial charge < -0.3 is 10.3 Å². The highest BCUT2D eigenvalue weighted by atomic mass is 19.1. The van der Waals surface area contributed by atoms with Crippen LogP contribution in [0.25, 0.3) is 11.0 Å². The standard InChI is InChI=1S/C10H12FN3/c1-12-5-4-7-6-13-10-8(7)2-3-9(11)14-10/h2-3,6,12H,4-5H2,1H3,(H,13,14). The van der Waals surface area contributed by atoms with Crippen LogP contribution < -0.4 is 5.32 Å². The molecule has 0 spiro atoms. The number of aromatic nitrogens is 2. The average molecular weight is 193 g/mol. The third kappa shape index (κ3) is 1.61. The van der Waals surface area contributed by atoms with Crippen LogP contribution in [0.1, 0.15) is 5.56 Å². The number of hydrogen-bond acceptors (Lipinski definition) is 2.